The molecular formula is C25H21F5N2O4. The Bertz CT molecular complexity index is 1330. The third-order valence-electron chi connectivity index (χ3n) is 6.05. The number of nitrogens with zero attached hydrogens (tertiary/aromatic N) is 2. The highest BCUT2D eigenvalue weighted by atomic mass is 19.4. The molecule has 1 aromatic heterocycles. The molecule has 1 saturated heterocycles. The minimum atomic E-state index is -5.12. The minimum absolute atomic E-state index is 0.200. The van der Waals surface area contributed by atoms with Gasteiger partial charge < -0.3 is 14.2 Å². The maximum absolute atomic E-state index is 14.5. The summed E-state index contributed by atoms with van der Waals surface area (Å²) in [6.45, 7) is 0.770. The van der Waals surface area contributed by atoms with Gasteiger partial charge in [-0.2, -0.15) is 0 Å². The van der Waals surface area contributed by atoms with Crippen molar-refractivity contribution in [2.45, 2.75) is 44.9 Å². The number of fused-ring (bicyclic) bond motifs is 1. The number of benzene rings is 2. The normalized spacial score (nSPS) is 18.0. The molecule has 190 valence electrons. The summed E-state index contributed by atoms with van der Waals surface area (Å²) in [6.07, 6.45) is -6.06. The van der Waals surface area contributed by atoms with Gasteiger partial charge in [-0.05, 0) is 24.6 Å². The summed E-state index contributed by atoms with van der Waals surface area (Å²) in [5, 5.41) is 0.645. The summed E-state index contributed by atoms with van der Waals surface area (Å²) >= 11 is 0. The molecule has 0 saturated carbocycles. The van der Waals surface area contributed by atoms with E-state index in [4.69, 9.17) is 0 Å². The van der Waals surface area contributed by atoms with Crippen LogP contribution in [-0.2, 0) is 22.6 Å². The molecule has 0 aliphatic carbocycles. The highest BCUT2D eigenvalue weighted by Crippen LogP contribution is 2.29. The van der Waals surface area contributed by atoms with Crippen LogP contribution < -0.4 is 4.74 Å². The van der Waals surface area contributed by atoms with E-state index in [9.17, 15) is 36.3 Å². The Morgan fingerprint density at radius 2 is 1.81 bits per heavy atom. The summed E-state index contributed by atoms with van der Waals surface area (Å²) in [5.41, 5.74) is 0.657. The van der Waals surface area contributed by atoms with Crippen LogP contribution in [0.4, 0.5) is 22.0 Å². The number of amides is 1. The highest BCUT2D eigenvalue weighted by Gasteiger charge is 2.40. The van der Waals surface area contributed by atoms with Gasteiger partial charge in [0.25, 0.3) is 0 Å². The zero-order valence-corrected chi connectivity index (χ0v) is 19.0. The molecule has 2 aromatic carbocycles. The van der Waals surface area contributed by atoms with Crippen molar-refractivity contribution >= 4 is 28.4 Å². The van der Waals surface area contributed by atoms with Gasteiger partial charge in [0.15, 0.2) is 23.1 Å². The molecule has 4 rings (SSSR count). The van der Waals surface area contributed by atoms with Crippen LogP contribution in [-0.4, -0.2) is 52.1 Å². The summed E-state index contributed by atoms with van der Waals surface area (Å²) in [5.74, 6) is -3.94. The fourth-order valence-electron chi connectivity index (χ4n) is 4.46. The van der Waals surface area contributed by atoms with Gasteiger partial charge in [-0.25, -0.2) is 8.78 Å². The van der Waals surface area contributed by atoms with Crippen LogP contribution in [0.2, 0.25) is 0 Å². The number of rotatable bonds is 7. The van der Waals surface area contributed by atoms with Crippen LogP contribution in [0.15, 0.2) is 48.7 Å². The van der Waals surface area contributed by atoms with Gasteiger partial charge in [0, 0.05) is 35.5 Å². The predicted molar refractivity (Wildman–Crippen MR) is 119 cm³/mol. The lowest BCUT2D eigenvalue weighted by atomic mass is 10.0. The van der Waals surface area contributed by atoms with Crippen LogP contribution >= 0.6 is 0 Å². The number of hydrogen-bond acceptors (Lipinski definition) is 4. The van der Waals surface area contributed by atoms with Crippen LogP contribution in [0.1, 0.15) is 29.3 Å². The molecule has 2 atom stereocenters. The Morgan fingerprint density at radius 3 is 2.50 bits per heavy atom. The van der Waals surface area contributed by atoms with E-state index < -0.39 is 48.3 Å². The number of likely N-dealkylation sites (tertiary alicyclic amines) is 1. The minimum Gasteiger partial charge on any atom is -0.403 e. The number of alkyl halides is 4. The van der Waals surface area contributed by atoms with Gasteiger partial charge in [0.1, 0.15) is 12.7 Å². The molecule has 0 spiro atoms. The van der Waals surface area contributed by atoms with E-state index in [0.717, 1.165) is 23.1 Å². The fourth-order valence-corrected chi connectivity index (χ4v) is 4.46. The number of hydrogen-bond donors (Lipinski definition) is 0. The van der Waals surface area contributed by atoms with Gasteiger partial charge >= 0.3 is 6.36 Å². The first-order chi connectivity index (χ1) is 16.9. The van der Waals surface area contributed by atoms with E-state index in [1.807, 2.05) is 0 Å². The zero-order chi connectivity index (χ0) is 26.2. The van der Waals surface area contributed by atoms with Crippen LogP contribution in [0.3, 0.4) is 0 Å². The molecule has 1 fully saturated rings. The van der Waals surface area contributed by atoms with Crippen molar-refractivity contribution in [3.8, 4) is 5.75 Å². The standard InChI is InChI=1S/C25H21F5N2O4/c1-14(33)18-12-31(19-7-3-2-6-17(18)19)13-23(35)32-11-16(26)10-20(32)21(34)9-15-5-4-8-22(24(15)27)36-25(28,29)30/h2-8,12,16,20H,9-11,13H2,1H3/t16-,20+/m1/s1. The summed E-state index contributed by atoms with van der Waals surface area (Å²) < 4.78 is 71.5. The zero-order valence-electron chi connectivity index (χ0n) is 19.0. The largest absolute Gasteiger partial charge is 0.573 e. The average molecular weight is 508 g/mol. The first kappa shape index (κ1) is 25.3. The van der Waals surface area contributed by atoms with Gasteiger partial charge in [-0.3, -0.25) is 14.4 Å². The summed E-state index contributed by atoms with van der Waals surface area (Å²) in [7, 11) is 0. The number of ether oxygens (including phenoxy) is 1. The second kappa shape index (κ2) is 9.71. The molecule has 36 heavy (non-hydrogen) atoms. The molecule has 1 amide bonds. The first-order valence-electron chi connectivity index (χ1n) is 11.0. The van der Waals surface area contributed by atoms with Gasteiger partial charge in [0.05, 0.1) is 12.6 Å². The number of aromatic nitrogens is 1. The van der Waals surface area contributed by atoms with Crippen LogP contribution in [0, 0.1) is 5.82 Å². The molecule has 3 aromatic rings. The molecule has 6 nitrogen and oxygen atoms in total. The molecule has 0 N–H and O–H groups in total. The fraction of sp³-hybridized carbons (Fsp3) is 0.320. The summed E-state index contributed by atoms with van der Waals surface area (Å²) in [6, 6.07) is 8.72. The molecule has 2 heterocycles. The van der Waals surface area contributed by atoms with E-state index in [2.05, 4.69) is 4.74 Å². The second-order valence-corrected chi connectivity index (χ2v) is 8.56. The number of para-hydroxylation sites is 1. The van der Waals surface area contributed by atoms with Crippen molar-refractivity contribution in [1.82, 2.24) is 9.47 Å². The topological polar surface area (TPSA) is 68.6 Å². The molecule has 11 heteroatoms. The lowest BCUT2D eigenvalue weighted by Gasteiger charge is -2.24. The lowest BCUT2D eigenvalue weighted by Crippen LogP contribution is -2.42. The monoisotopic (exact) mass is 508 g/mol. The maximum atomic E-state index is 14.5. The van der Waals surface area contributed by atoms with Crippen molar-refractivity contribution in [1.29, 1.82) is 0 Å². The van der Waals surface area contributed by atoms with E-state index >= 15 is 0 Å². The second-order valence-electron chi connectivity index (χ2n) is 8.56. The quantitative estimate of drug-likeness (QED) is 0.345. The average Bonchev–Trinajstić information content (AvgIpc) is 3.37. The van der Waals surface area contributed by atoms with Crippen molar-refractivity contribution in [2.75, 3.05) is 6.54 Å². The Balaban J connectivity index is 1.54. The first-order valence-corrected chi connectivity index (χ1v) is 11.0. The Kier molecular flexibility index (Phi) is 6.83. The number of carbonyl (C=O) groups is 3. The number of ketones is 2. The third kappa shape index (κ3) is 5.24. The molecule has 1 aliphatic heterocycles. The summed E-state index contributed by atoms with van der Waals surface area (Å²) in [4.78, 5) is 39.1. The Hall–Kier alpha value is -3.76. The van der Waals surface area contributed by atoms with E-state index in [1.165, 1.54) is 13.1 Å². The van der Waals surface area contributed by atoms with Gasteiger partial charge in [-0.15, -0.1) is 13.2 Å². The Labute approximate surface area is 202 Å². The SMILES string of the molecule is CC(=O)c1cn(CC(=O)N2C[C@H](F)C[C@H]2C(=O)Cc2cccc(OC(F)(F)F)c2F)c2ccccc12. The Morgan fingerprint density at radius 1 is 1.08 bits per heavy atom. The van der Waals surface area contributed by atoms with Crippen molar-refractivity contribution < 1.29 is 41.1 Å². The number of carbonyl (C=O) groups excluding carboxylic acids is 3. The number of halogens is 5. The van der Waals surface area contributed by atoms with Crippen molar-refractivity contribution in [3.63, 3.8) is 0 Å². The maximum Gasteiger partial charge on any atom is 0.573 e. The number of Topliss-reactive ketones (excluding diaryl/α,β-unsaturated/α-hetero) is 2. The molecular weight excluding hydrogens is 487 g/mol. The smallest absolute Gasteiger partial charge is 0.403 e. The van der Waals surface area contributed by atoms with Crippen LogP contribution in [0.25, 0.3) is 10.9 Å². The van der Waals surface area contributed by atoms with Crippen molar-refractivity contribution in [2.24, 2.45) is 0 Å². The third-order valence-corrected chi connectivity index (χ3v) is 6.05. The molecule has 0 radical (unpaired) electrons. The molecule has 1 aliphatic rings. The van der Waals surface area contributed by atoms with Crippen molar-refractivity contribution in [3.05, 3.63) is 65.6 Å². The van der Waals surface area contributed by atoms with E-state index in [0.29, 0.717) is 16.5 Å². The predicted octanol–water partition coefficient (Wildman–Crippen LogP) is 4.63. The molecule has 0 bridgehead atoms. The lowest BCUT2D eigenvalue weighted by molar-refractivity contribution is -0.275. The molecule has 0 unspecified atom stereocenters. The van der Waals surface area contributed by atoms with E-state index in [-0.39, 0.29) is 30.9 Å². The van der Waals surface area contributed by atoms with Crippen LogP contribution in [0.5, 0.6) is 5.75 Å². The van der Waals surface area contributed by atoms with Gasteiger partial charge in [0.2, 0.25) is 5.91 Å². The van der Waals surface area contributed by atoms with Gasteiger partial charge in [-0.1, -0.05) is 30.3 Å². The van der Waals surface area contributed by atoms with E-state index in [1.54, 1.807) is 28.8 Å². The highest BCUT2D eigenvalue weighted by molar-refractivity contribution is 6.07.